The van der Waals surface area contributed by atoms with Crippen LogP contribution in [0.5, 0.6) is 0 Å². The maximum atomic E-state index is 4.49. The van der Waals surface area contributed by atoms with Crippen LogP contribution < -0.4 is 5.32 Å². The lowest BCUT2D eigenvalue weighted by Crippen LogP contribution is -2.02. The molecular formula is C14H14N4S. The van der Waals surface area contributed by atoms with E-state index in [0.29, 0.717) is 6.04 Å². The van der Waals surface area contributed by atoms with Crippen molar-refractivity contribution >= 4 is 37.5 Å². The molecule has 19 heavy (non-hydrogen) atoms. The Morgan fingerprint density at radius 2 is 2.11 bits per heavy atom. The van der Waals surface area contributed by atoms with Gasteiger partial charge in [0.2, 0.25) is 0 Å². The molecule has 1 aliphatic carbocycles. The molecule has 0 unspecified atom stereocenters. The van der Waals surface area contributed by atoms with Crippen molar-refractivity contribution in [2.75, 3.05) is 5.32 Å². The van der Waals surface area contributed by atoms with Gasteiger partial charge in [-0.2, -0.15) is 5.10 Å². The number of pyridine rings is 1. The maximum Gasteiger partial charge on any atom is 0.147 e. The van der Waals surface area contributed by atoms with Crippen molar-refractivity contribution in [3.63, 3.8) is 0 Å². The number of hydrogen-bond acceptors (Lipinski definition) is 5. The molecule has 1 saturated carbocycles. The fourth-order valence-corrected chi connectivity index (χ4v) is 3.47. The molecule has 0 aromatic carbocycles. The quantitative estimate of drug-likeness (QED) is 0.775. The van der Waals surface area contributed by atoms with Crippen molar-refractivity contribution in [2.45, 2.75) is 32.7 Å². The lowest BCUT2D eigenvalue weighted by Gasteiger charge is -2.04. The Balaban J connectivity index is 2.04. The van der Waals surface area contributed by atoms with Crippen LogP contribution >= 0.6 is 11.3 Å². The highest BCUT2D eigenvalue weighted by molar-refractivity contribution is 7.26. The standard InChI is InChI=1S/C14H14N4S/c1-7-8(2)17-18-14-11(7)10-5-6-15-13(12(10)19-14)16-9-3-4-9/h5-6,9H,3-4H2,1-2H3,(H,15,16). The summed E-state index contributed by atoms with van der Waals surface area (Å²) in [5, 5.41) is 14.5. The highest BCUT2D eigenvalue weighted by Crippen LogP contribution is 2.39. The second-order valence-corrected chi connectivity index (χ2v) is 6.15. The molecule has 5 heteroatoms. The summed E-state index contributed by atoms with van der Waals surface area (Å²) in [5.41, 5.74) is 2.22. The number of thiophene rings is 1. The Kier molecular flexibility index (Phi) is 2.26. The van der Waals surface area contributed by atoms with Crippen molar-refractivity contribution in [1.82, 2.24) is 15.2 Å². The van der Waals surface area contributed by atoms with Gasteiger partial charge in [-0.1, -0.05) is 0 Å². The number of rotatable bonds is 2. The Labute approximate surface area is 114 Å². The second-order valence-electron chi connectivity index (χ2n) is 5.15. The Hall–Kier alpha value is -1.75. The molecule has 0 aliphatic heterocycles. The van der Waals surface area contributed by atoms with Crippen LogP contribution in [0.15, 0.2) is 12.3 Å². The molecule has 96 valence electrons. The molecule has 3 aromatic heterocycles. The van der Waals surface area contributed by atoms with Crippen molar-refractivity contribution in [2.24, 2.45) is 0 Å². The highest BCUT2D eigenvalue weighted by Gasteiger charge is 2.23. The third-order valence-electron chi connectivity index (χ3n) is 3.71. The normalized spacial score (nSPS) is 15.3. The van der Waals surface area contributed by atoms with E-state index in [0.717, 1.165) is 16.3 Å². The molecule has 1 N–H and O–H groups in total. The summed E-state index contributed by atoms with van der Waals surface area (Å²) >= 11 is 1.68. The van der Waals surface area contributed by atoms with Gasteiger partial charge in [0, 0.05) is 23.0 Å². The highest BCUT2D eigenvalue weighted by atomic mass is 32.1. The third kappa shape index (κ3) is 1.69. The van der Waals surface area contributed by atoms with E-state index in [2.05, 4.69) is 33.5 Å². The molecule has 0 spiro atoms. The zero-order valence-electron chi connectivity index (χ0n) is 10.9. The lowest BCUT2D eigenvalue weighted by atomic mass is 10.1. The monoisotopic (exact) mass is 270 g/mol. The SMILES string of the molecule is Cc1nnc2sc3c(NC4CC4)nccc3c2c1C. The molecule has 1 fully saturated rings. The Morgan fingerprint density at radius 3 is 2.89 bits per heavy atom. The first-order valence-corrected chi connectivity index (χ1v) is 7.33. The molecule has 0 atom stereocenters. The first-order valence-electron chi connectivity index (χ1n) is 6.51. The predicted octanol–water partition coefficient (Wildman–Crippen LogP) is 3.43. The molecule has 4 rings (SSSR count). The van der Waals surface area contributed by atoms with Gasteiger partial charge in [0.15, 0.2) is 0 Å². The van der Waals surface area contributed by atoms with Gasteiger partial charge in [-0.3, -0.25) is 0 Å². The molecule has 0 radical (unpaired) electrons. The lowest BCUT2D eigenvalue weighted by molar-refractivity contribution is 1.01. The molecule has 3 heterocycles. The first-order chi connectivity index (χ1) is 9.24. The molecule has 1 aliphatic rings. The number of aryl methyl sites for hydroxylation is 2. The summed E-state index contributed by atoms with van der Waals surface area (Å²) in [6.07, 6.45) is 4.39. The summed E-state index contributed by atoms with van der Waals surface area (Å²) < 4.78 is 1.20. The van der Waals surface area contributed by atoms with Gasteiger partial charge in [-0.25, -0.2) is 4.98 Å². The van der Waals surface area contributed by atoms with Crippen LogP contribution in [-0.4, -0.2) is 21.2 Å². The maximum absolute atomic E-state index is 4.49. The summed E-state index contributed by atoms with van der Waals surface area (Å²) in [6, 6.07) is 2.69. The van der Waals surface area contributed by atoms with Crippen LogP contribution in [0.4, 0.5) is 5.82 Å². The number of hydrogen-bond donors (Lipinski definition) is 1. The number of anilines is 1. The second kappa shape index (κ2) is 3.87. The van der Waals surface area contributed by atoms with Crippen molar-refractivity contribution in [3.05, 3.63) is 23.5 Å². The van der Waals surface area contributed by atoms with Crippen LogP contribution in [0.3, 0.4) is 0 Å². The zero-order chi connectivity index (χ0) is 13.0. The van der Waals surface area contributed by atoms with Gasteiger partial charge in [-0.15, -0.1) is 16.4 Å². The van der Waals surface area contributed by atoms with E-state index in [1.54, 1.807) is 11.3 Å². The van der Waals surface area contributed by atoms with Crippen molar-refractivity contribution in [3.8, 4) is 0 Å². The van der Waals surface area contributed by atoms with Crippen LogP contribution in [0, 0.1) is 13.8 Å². The molecule has 0 amide bonds. The van der Waals surface area contributed by atoms with Crippen molar-refractivity contribution in [1.29, 1.82) is 0 Å². The average molecular weight is 270 g/mol. The van der Waals surface area contributed by atoms with E-state index in [4.69, 9.17) is 0 Å². The number of fused-ring (bicyclic) bond motifs is 3. The molecule has 4 nitrogen and oxygen atoms in total. The van der Waals surface area contributed by atoms with Gasteiger partial charge in [0.05, 0.1) is 10.4 Å². The summed E-state index contributed by atoms with van der Waals surface area (Å²) in [7, 11) is 0. The molecule has 3 aromatic rings. The van der Waals surface area contributed by atoms with E-state index in [9.17, 15) is 0 Å². The smallest absolute Gasteiger partial charge is 0.147 e. The minimum atomic E-state index is 0.609. The minimum absolute atomic E-state index is 0.609. The zero-order valence-corrected chi connectivity index (χ0v) is 11.7. The minimum Gasteiger partial charge on any atom is -0.366 e. The molecular weight excluding hydrogens is 256 g/mol. The summed E-state index contributed by atoms with van der Waals surface area (Å²) in [5.74, 6) is 1.00. The number of nitrogens with zero attached hydrogens (tertiary/aromatic N) is 3. The Bertz CT molecular complexity index is 789. The van der Waals surface area contributed by atoms with E-state index >= 15 is 0 Å². The number of aromatic nitrogens is 3. The van der Waals surface area contributed by atoms with Gasteiger partial charge < -0.3 is 5.32 Å². The van der Waals surface area contributed by atoms with Crippen LogP contribution in [0.25, 0.3) is 20.3 Å². The molecule has 0 bridgehead atoms. The van der Waals surface area contributed by atoms with Gasteiger partial charge in [0.25, 0.3) is 0 Å². The van der Waals surface area contributed by atoms with E-state index in [-0.39, 0.29) is 0 Å². The van der Waals surface area contributed by atoms with Crippen LogP contribution in [0.2, 0.25) is 0 Å². The fraction of sp³-hybridized carbons (Fsp3) is 0.357. The summed E-state index contributed by atoms with van der Waals surface area (Å²) in [4.78, 5) is 5.49. The van der Waals surface area contributed by atoms with Crippen LogP contribution in [-0.2, 0) is 0 Å². The van der Waals surface area contributed by atoms with E-state index < -0.39 is 0 Å². The van der Waals surface area contributed by atoms with Gasteiger partial charge in [0.1, 0.15) is 10.6 Å². The average Bonchev–Trinajstić information content (AvgIpc) is 3.13. The topological polar surface area (TPSA) is 50.7 Å². The van der Waals surface area contributed by atoms with Crippen molar-refractivity contribution < 1.29 is 0 Å². The number of nitrogens with one attached hydrogen (secondary N) is 1. The van der Waals surface area contributed by atoms with E-state index in [1.165, 1.54) is 33.9 Å². The Morgan fingerprint density at radius 1 is 1.26 bits per heavy atom. The fourth-order valence-electron chi connectivity index (χ4n) is 2.34. The van der Waals surface area contributed by atoms with Gasteiger partial charge in [-0.05, 0) is 38.3 Å². The molecule has 0 saturated heterocycles. The third-order valence-corrected chi connectivity index (χ3v) is 4.81. The predicted molar refractivity (Wildman–Crippen MR) is 78.8 cm³/mol. The summed E-state index contributed by atoms with van der Waals surface area (Å²) in [6.45, 7) is 4.13. The van der Waals surface area contributed by atoms with Crippen LogP contribution in [0.1, 0.15) is 24.1 Å². The largest absolute Gasteiger partial charge is 0.366 e. The van der Waals surface area contributed by atoms with Gasteiger partial charge >= 0.3 is 0 Å². The first kappa shape index (κ1) is 11.1. The van der Waals surface area contributed by atoms with E-state index in [1.807, 2.05) is 13.1 Å².